The van der Waals surface area contributed by atoms with Crippen LogP contribution in [0.25, 0.3) is 33.6 Å². The molecule has 7 heteroatoms. The first kappa shape index (κ1) is 28.6. The minimum absolute atomic E-state index is 0. The predicted octanol–water partition coefficient (Wildman–Crippen LogP) is 3.35. The molecule has 0 N–H and O–H groups in total. The van der Waals surface area contributed by atoms with E-state index in [-0.39, 0.29) is 52.4 Å². The van der Waals surface area contributed by atoms with Crippen molar-refractivity contribution in [1.82, 2.24) is 4.98 Å². The minimum atomic E-state index is -1.26. The fraction of sp³-hybridized carbons (Fsp3) is 0.379. The molecule has 1 aliphatic heterocycles. The quantitative estimate of drug-likeness (QED) is 0.473. The van der Waals surface area contributed by atoms with Crippen molar-refractivity contribution in [3.63, 3.8) is 0 Å². The molecule has 1 aromatic carbocycles. The van der Waals surface area contributed by atoms with Crippen molar-refractivity contribution in [2.24, 2.45) is 0 Å². The van der Waals surface area contributed by atoms with Crippen molar-refractivity contribution in [3.8, 4) is 16.3 Å². The van der Waals surface area contributed by atoms with Crippen molar-refractivity contribution in [2.45, 2.75) is 71.7 Å². The van der Waals surface area contributed by atoms with Crippen LogP contribution in [0.4, 0.5) is 0 Å². The van der Waals surface area contributed by atoms with E-state index in [1.54, 1.807) is 18.2 Å². The van der Waals surface area contributed by atoms with Gasteiger partial charge in [-0.05, 0) is 70.4 Å². The zero-order chi connectivity index (χ0) is 25.7. The number of nitrogens with zero attached hydrogens (tertiary/aromatic N) is 1. The summed E-state index contributed by atoms with van der Waals surface area (Å²) < 4.78 is 12.7. The average molecular weight is 514 g/mol. The number of carbonyl (C=O) groups excluding carboxylic acids is 1. The molecule has 3 aromatic rings. The van der Waals surface area contributed by atoms with E-state index in [2.05, 4.69) is 40.9 Å². The summed E-state index contributed by atoms with van der Waals surface area (Å²) in [6, 6.07) is 5.36. The molecule has 0 saturated carbocycles. The van der Waals surface area contributed by atoms with Gasteiger partial charge in [0.2, 0.25) is 0 Å². The van der Waals surface area contributed by atoms with Crippen LogP contribution in [-0.2, 0) is 4.74 Å². The normalized spacial score (nSPS) is 16.8. The molecule has 1 saturated heterocycles. The summed E-state index contributed by atoms with van der Waals surface area (Å²) in [5, 5.41) is 12.9. The van der Waals surface area contributed by atoms with Crippen LogP contribution in [0.3, 0.4) is 0 Å². The largest absolute Gasteiger partial charge is 1.00 e. The Hall–Kier alpha value is -1.96. The van der Waals surface area contributed by atoms with Gasteiger partial charge in [-0.3, -0.25) is 0 Å². The number of rotatable bonds is 6. The predicted molar refractivity (Wildman–Crippen MR) is 142 cm³/mol. The van der Waals surface area contributed by atoms with Crippen LogP contribution in [0, 0.1) is 13.8 Å². The number of pyridine rings is 1. The Labute approximate surface area is 239 Å². The molecule has 184 valence electrons. The summed E-state index contributed by atoms with van der Waals surface area (Å²) in [7, 11) is 0. The molecular formula is C29H32NNaO4S. The van der Waals surface area contributed by atoms with Gasteiger partial charge in [-0.1, -0.05) is 31.4 Å². The number of aryl methyl sites for hydroxylation is 1. The number of carbonyl (C=O) groups is 1. The van der Waals surface area contributed by atoms with E-state index < -0.39 is 5.97 Å². The third-order valence-electron chi connectivity index (χ3n) is 6.47. The SMILES string of the molecule is C=Cc1sc(-c2cc(C(=O)[O-])c3c(OC4CC(C)(C)OC(C)(C)C4)ccc(C)c3n2)c(C)c1C=C.[Na+]. The monoisotopic (exact) mass is 513 g/mol. The summed E-state index contributed by atoms with van der Waals surface area (Å²) in [6.07, 6.45) is 4.84. The number of ether oxygens (including phenoxy) is 2. The summed E-state index contributed by atoms with van der Waals surface area (Å²) in [5.41, 5.74) is 3.40. The number of hydrogen-bond acceptors (Lipinski definition) is 6. The smallest absolute Gasteiger partial charge is 0.545 e. The fourth-order valence-corrected chi connectivity index (χ4v) is 6.40. The molecule has 0 amide bonds. The zero-order valence-corrected chi connectivity index (χ0v) is 25.1. The minimum Gasteiger partial charge on any atom is -0.545 e. The first-order valence-corrected chi connectivity index (χ1v) is 12.6. The van der Waals surface area contributed by atoms with Crippen molar-refractivity contribution >= 4 is 40.4 Å². The third-order valence-corrected chi connectivity index (χ3v) is 7.80. The standard InChI is InChI=1S/C29H33NO4S.Na/c1-9-19-17(4)26(35-23(19)10-2)21-13-20(27(31)32)24-22(12-11-16(3)25(24)30-21)33-18-14-28(5,6)34-29(7,8)15-18;/h9-13,18H,1-2,14-15H2,3-8H3,(H,31,32);/q;+1/p-1. The fourth-order valence-electron chi connectivity index (χ4n) is 5.28. The summed E-state index contributed by atoms with van der Waals surface area (Å²) in [5.74, 6) is -0.757. The number of carboxylic acid groups (broad SMARTS) is 1. The van der Waals surface area contributed by atoms with Crippen molar-refractivity contribution < 1.29 is 48.9 Å². The maximum absolute atomic E-state index is 12.4. The van der Waals surface area contributed by atoms with Crippen LogP contribution in [0.15, 0.2) is 31.4 Å². The number of aromatic nitrogens is 1. The van der Waals surface area contributed by atoms with Crippen molar-refractivity contribution in [2.75, 3.05) is 0 Å². The molecule has 0 aliphatic carbocycles. The molecule has 0 bridgehead atoms. The topological polar surface area (TPSA) is 71.5 Å². The summed E-state index contributed by atoms with van der Waals surface area (Å²) in [4.78, 5) is 19.2. The molecule has 36 heavy (non-hydrogen) atoms. The van der Waals surface area contributed by atoms with Gasteiger partial charge in [0.05, 0.1) is 38.6 Å². The van der Waals surface area contributed by atoms with Gasteiger partial charge in [0, 0.05) is 23.3 Å². The second kappa shape index (κ2) is 10.4. The van der Waals surface area contributed by atoms with Gasteiger partial charge in [-0.25, -0.2) is 4.98 Å². The van der Waals surface area contributed by atoms with Crippen LogP contribution >= 0.6 is 11.3 Å². The van der Waals surface area contributed by atoms with E-state index in [9.17, 15) is 9.90 Å². The van der Waals surface area contributed by atoms with Crippen LogP contribution < -0.4 is 39.4 Å². The molecule has 0 spiro atoms. The average Bonchev–Trinajstić information content (AvgIpc) is 3.08. The van der Waals surface area contributed by atoms with Crippen molar-refractivity contribution in [3.05, 3.63) is 58.5 Å². The second-order valence-electron chi connectivity index (χ2n) is 10.5. The molecular weight excluding hydrogens is 481 g/mol. The van der Waals surface area contributed by atoms with E-state index in [1.165, 1.54) is 11.3 Å². The van der Waals surface area contributed by atoms with Gasteiger partial charge >= 0.3 is 29.6 Å². The molecule has 0 radical (unpaired) electrons. The molecule has 1 aliphatic rings. The maximum atomic E-state index is 12.4. The van der Waals surface area contributed by atoms with Gasteiger partial charge in [0.25, 0.3) is 0 Å². The maximum Gasteiger partial charge on any atom is 1.00 e. The number of thiophene rings is 1. The van der Waals surface area contributed by atoms with E-state index in [1.807, 2.05) is 26.0 Å². The first-order chi connectivity index (χ1) is 16.4. The molecule has 2 aromatic heterocycles. The van der Waals surface area contributed by atoms with Gasteiger partial charge in [0.1, 0.15) is 11.9 Å². The van der Waals surface area contributed by atoms with E-state index in [0.29, 0.717) is 35.2 Å². The van der Waals surface area contributed by atoms with Gasteiger partial charge in [-0.15, -0.1) is 11.3 Å². The zero-order valence-electron chi connectivity index (χ0n) is 22.3. The number of hydrogen-bond donors (Lipinski definition) is 0. The Morgan fingerprint density at radius 1 is 1.17 bits per heavy atom. The van der Waals surface area contributed by atoms with Crippen LogP contribution in [0.1, 0.15) is 72.5 Å². The molecule has 3 heterocycles. The van der Waals surface area contributed by atoms with Gasteiger partial charge in [0.15, 0.2) is 0 Å². The number of fused-ring (bicyclic) bond motifs is 1. The third kappa shape index (κ3) is 5.48. The van der Waals surface area contributed by atoms with E-state index in [0.717, 1.165) is 26.4 Å². The Balaban J connectivity index is 0.00000361. The van der Waals surface area contributed by atoms with Gasteiger partial charge < -0.3 is 19.4 Å². The Morgan fingerprint density at radius 3 is 2.33 bits per heavy atom. The summed E-state index contributed by atoms with van der Waals surface area (Å²) >= 11 is 1.52. The Morgan fingerprint density at radius 2 is 1.81 bits per heavy atom. The molecule has 4 rings (SSSR count). The molecule has 5 nitrogen and oxygen atoms in total. The number of aromatic carboxylic acids is 1. The number of carboxylic acids is 1. The van der Waals surface area contributed by atoms with E-state index in [4.69, 9.17) is 14.5 Å². The Kier molecular flexibility index (Phi) is 8.28. The molecule has 0 unspecified atom stereocenters. The van der Waals surface area contributed by atoms with Crippen LogP contribution in [0.2, 0.25) is 0 Å². The second-order valence-corrected chi connectivity index (χ2v) is 11.5. The van der Waals surface area contributed by atoms with E-state index >= 15 is 0 Å². The Bertz CT molecular complexity index is 1340. The number of benzene rings is 1. The molecule has 1 fully saturated rings. The van der Waals surface area contributed by atoms with Gasteiger partial charge in [-0.2, -0.15) is 0 Å². The molecule has 0 atom stereocenters. The van der Waals surface area contributed by atoms with Crippen LogP contribution in [-0.4, -0.2) is 28.3 Å². The summed E-state index contributed by atoms with van der Waals surface area (Å²) in [6.45, 7) is 19.9. The first-order valence-electron chi connectivity index (χ1n) is 11.8. The van der Waals surface area contributed by atoms with Crippen LogP contribution in [0.5, 0.6) is 5.75 Å². The van der Waals surface area contributed by atoms with Crippen molar-refractivity contribution in [1.29, 1.82) is 0 Å².